The highest BCUT2D eigenvalue weighted by molar-refractivity contribution is 6.59. The predicted octanol–water partition coefficient (Wildman–Crippen LogP) is 0.582. The van der Waals surface area contributed by atoms with Crippen molar-refractivity contribution in [3.63, 3.8) is 0 Å². The molecule has 1 aromatic rings. The van der Waals surface area contributed by atoms with Crippen LogP contribution in [0.25, 0.3) is 0 Å². The van der Waals surface area contributed by atoms with Crippen molar-refractivity contribution in [3.8, 4) is 0 Å². The number of aryl methyl sites for hydroxylation is 1. The van der Waals surface area contributed by atoms with E-state index in [1.807, 2.05) is 6.92 Å². The zero-order valence-electron chi connectivity index (χ0n) is 6.79. The van der Waals surface area contributed by atoms with Crippen molar-refractivity contribution in [1.82, 2.24) is 0 Å². The molecule has 0 aliphatic carbocycles. The summed E-state index contributed by atoms with van der Waals surface area (Å²) in [6.45, 7) is 1.94. The van der Waals surface area contributed by atoms with Crippen molar-refractivity contribution >= 4 is 24.2 Å². The van der Waals surface area contributed by atoms with E-state index in [9.17, 15) is 0 Å². The SMILES string of the molecule is CCc1cc(Cl)ccc1B(O)O. The van der Waals surface area contributed by atoms with Crippen LogP contribution in [-0.2, 0) is 6.42 Å². The van der Waals surface area contributed by atoms with Crippen molar-refractivity contribution in [2.75, 3.05) is 0 Å². The predicted molar refractivity (Wildman–Crippen MR) is 50.7 cm³/mol. The average Bonchev–Trinajstić information content (AvgIpc) is 2.03. The summed E-state index contributed by atoms with van der Waals surface area (Å²) in [7, 11) is -1.41. The van der Waals surface area contributed by atoms with Crippen molar-refractivity contribution in [1.29, 1.82) is 0 Å². The number of hydrogen-bond acceptors (Lipinski definition) is 2. The van der Waals surface area contributed by atoms with Gasteiger partial charge in [0.2, 0.25) is 0 Å². The second kappa shape index (κ2) is 3.94. The molecule has 0 bridgehead atoms. The Kier molecular flexibility index (Phi) is 3.15. The van der Waals surface area contributed by atoms with Crippen LogP contribution in [0.5, 0.6) is 0 Å². The Bertz CT molecular complexity index is 276. The first-order valence-corrected chi connectivity index (χ1v) is 4.17. The van der Waals surface area contributed by atoms with Gasteiger partial charge in [0.05, 0.1) is 0 Å². The van der Waals surface area contributed by atoms with Gasteiger partial charge < -0.3 is 10.0 Å². The minimum Gasteiger partial charge on any atom is -0.423 e. The Balaban J connectivity index is 3.11. The van der Waals surface area contributed by atoms with E-state index in [2.05, 4.69) is 0 Å². The Morgan fingerprint density at radius 2 is 2.08 bits per heavy atom. The fourth-order valence-electron chi connectivity index (χ4n) is 1.13. The van der Waals surface area contributed by atoms with Gasteiger partial charge in [0.1, 0.15) is 0 Å². The molecule has 4 heteroatoms. The monoisotopic (exact) mass is 184 g/mol. The molecule has 0 amide bonds. The van der Waals surface area contributed by atoms with Gasteiger partial charge in [0.15, 0.2) is 0 Å². The van der Waals surface area contributed by atoms with Gasteiger partial charge in [-0.05, 0) is 29.6 Å². The fourth-order valence-corrected chi connectivity index (χ4v) is 1.33. The average molecular weight is 184 g/mol. The quantitative estimate of drug-likeness (QED) is 0.660. The molecule has 0 saturated heterocycles. The molecule has 0 unspecified atom stereocenters. The molecular weight excluding hydrogens is 174 g/mol. The maximum atomic E-state index is 8.94. The van der Waals surface area contributed by atoms with E-state index in [0.29, 0.717) is 10.5 Å². The lowest BCUT2D eigenvalue weighted by atomic mass is 9.76. The smallest absolute Gasteiger partial charge is 0.423 e. The van der Waals surface area contributed by atoms with Crippen molar-refractivity contribution in [2.45, 2.75) is 13.3 Å². The highest BCUT2D eigenvalue weighted by atomic mass is 35.5. The molecule has 0 spiro atoms. The van der Waals surface area contributed by atoms with E-state index in [1.165, 1.54) is 0 Å². The number of halogens is 1. The molecule has 1 aromatic carbocycles. The summed E-state index contributed by atoms with van der Waals surface area (Å²) in [5.74, 6) is 0. The van der Waals surface area contributed by atoms with Gasteiger partial charge in [0.25, 0.3) is 0 Å². The molecule has 0 aromatic heterocycles. The lowest BCUT2D eigenvalue weighted by Gasteiger charge is -2.06. The lowest BCUT2D eigenvalue weighted by molar-refractivity contribution is 0.425. The molecule has 0 radical (unpaired) electrons. The van der Waals surface area contributed by atoms with Crippen LogP contribution in [0.1, 0.15) is 12.5 Å². The summed E-state index contributed by atoms with van der Waals surface area (Å²) < 4.78 is 0. The summed E-state index contributed by atoms with van der Waals surface area (Å²) in [6.07, 6.45) is 0.744. The molecule has 0 atom stereocenters. The molecule has 0 fully saturated rings. The van der Waals surface area contributed by atoms with Gasteiger partial charge in [-0.2, -0.15) is 0 Å². The first kappa shape index (κ1) is 9.58. The first-order valence-electron chi connectivity index (χ1n) is 3.79. The van der Waals surface area contributed by atoms with E-state index in [4.69, 9.17) is 21.6 Å². The van der Waals surface area contributed by atoms with Crippen LogP contribution in [0.15, 0.2) is 18.2 Å². The molecule has 0 aliphatic heterocycles. The van der Waals surface area contributed by atoms with Crippen LogP contribution in [0.3, 0.4) is 0 Å². The Morgan fingerprint density at radius 1 is 1.42 bits per heavy atom. The van der Waals surface area contributed by atoms with Gasteiger partial charge in [-0.15, -0.1) is 0 Å². The summed E-state index contributed by atoms with van der Waals surface area (Å²) >= 11 is 5.74. The van der Waals surface area contributed by atoms with Gasteiger partial charge in [0, 0.05) is 5.02 Å². The zero-order valence-corrected chi connectivity index (χ0v) is 7.54. The molecule has 0 heterocycles. The second-order valence-electron chi connectivity index (χ2n) is 2.57. The maximum absolute atomic E-state index is 8.94. The Hall–Kier alpha value is -0.505. The van der Waals surface area contributed by atoms with E-state index in [1.54, 1.807) is 18.2 Å². The van der Waals surface area contributed by atoms with E-state index >= 15 is 0 Å². The van der Waals surface area contributed by atoms with Crippen molar-refractivity contribution in [2.24, 2.45) is 0 Å². The highest BCUT2D eigenvalue weighted by Gasteiger charge is 2.14. The van der Waals surface area contributed by atoms with Crippen LogP contribution < -0.4 is 5.46 Å². The van der Waals surface area contributed by atoms with Crippen LogP contribution in [-0.4, -0.2) is 17.2 Å². The van der Waals surface area contributed by atoms with Crippen LogP contribution in [0, 0.1) is 0 Å². The Labute approximate surface area is 76.9 Å². The standard InChI is InChI=1S/C8H10BClO2/c1-2-6-5-7(10)3-4-8(6)9(11)12/h3-5,11-12H,2H2,1H3. The highest BCUT2D eigenvalue weighted by Crippen LogP contribution is 2.09. The number of rotatable bonds is 2. The fraction of sp³-hybridized carbons (Fsp3) is 0.250. The molecule has 0 saturated carbocycles. The third-order valence-corrected chi connectivity index (χ3v) is 2.00. The first-order chi connectivity index (χ1) is 5.65. The van der Waals surface area contributed by atoms with Crippen LogP contribution in [0.2, 0.25) is 5.02 Å². The summed E-state index contributed by atoms with van der Waals surface area (Å²) in [5, 5.41) is 18.5. The normalized spacial score (nSPS) is 10.0. The van der Waals surface area contributed by atoms with Crippen LogP contribution in [0.4, 0.5) is 0 Å². The summed E-state index contributed by atoms with van der Waals surface area (Å²) in [5.41, 5.74) is 1.40. The molecule has 0 aliphatic rings. The number of benzene rings is 1. The maximum Gasteiger partial charge on any atom is 0.488 e. The Morgan fingerprint density at radius 3 is 2.58 bits per heavy atom. The molecule has 12 heavy (non-hydrogen) atoms. The number of hydrogen-bond donors (Lipinski definition) is 2. The second-order valence-corrected chi connectivity index (χ2v) is 3.01. The van der Waals surface area contributed by atoms with E-state index in [-0.39, 0.29) is 0 Å². The molecule has 64 valence electrons. The summed E-state index contributed by atoms with van der Waals surface area (Å²) in [6, 6.07) is 5.03. The van der Waals surface area contributed by atoms with Crippen LogP contribution >= 0.6 is 11.6 Å². The zero-order chi connectivity index (χ0) is 9.14. The van der Waals surface area contributed by atoms with E-state index < -0.39 is 7.12 Å². The van der Waals surface area contributed by atoms with Gasteiger partial charge in [-0.3, -0.25) is 0 Å². The molecule has 1 rings (SSSR count). The summed E-state index contributed by atoms with van der Waals surface area (Å²) in [4.78, 5) is 0. The third-order valence-electron chi connectivity index (χ3n) is 1.76. The molecular formula is C8H10BClO2. The third kappa shape index (κ3) is 2.00. The van der Waals surface area contributed by atoms with Gasteiger partial charge >= 0.3 is 7.12 Å². The molecule has 2 nitrogen and oxygen atoms in total. The largest absolute Gasteiger partial charge is 0.488 e. The minimum absolute atomic E-state index is 0.530. The minimum atomic E-state index is -1.41. The topological polar surface area (TPSA) is 40.5 Å². The lowest BCUT2D eigenvalue weighted by Crippen LogP contribution is -2.32. The van der Waals surface area contributed by atoms with Gasteiger partial charge in [-0.25, -0.2) is 0 Å². The van der Waals surface area contributed by atoms with Crippen molar-refractivity contribution in [3.05, 3.63) is 28.8 Å². The van der Waals surface area contributed by atoms with E-state index in [0.717, 1.165) is 12.0 Å². The van der Waals surface area contributed by atoms with Gasteiger partial charge in [-0.1, -0.05) is 24.6 Å². The van der Waals surface area contributed by atoms with Crippen molar-refractivity contribution < 1.29 is 10.0 Å². The molecule has 2 N–H and O–H groups in total.